The number of aryl methyl sites for hydroxylation is 1. The third-order valence-corrected chi connectivity index (χ3v) is 5.81. The van der Waals surface area contributed by atoms with Gasteiger partial charge in [0.15, 0.2) is 0 Å². The first kappa shape index (κ1) is 10.1. The van der Waals surface area contributed by atoms with Crippen LogP contribution in [-0.2, 0) is 12.6 Å². The first-order valence-electron chi connectivity index (χ1n) is 6.96. The second-order valence-electron chi connectivity index (χ2n) is 6.51. The van der Waals surface area contributed by atoms with Crippen molar-refractivity contribution in [2.45, 2.75) is 37.6 Å². The van der Waals surface area contributed by atoms with Crippen molar-refractivity contribution in [2.75, 3.05) is 0 Å². The summed E-state index contributed by atoms with van der Waals surface area (Å²) in [5, 5.41) is 4.31. The molecule has 5 atom stereocenters. The van der Waals surface area contributed by atoms with E-state index in [1.807, 2.05) is 17.9 Å². The molecule has 3 heteroatoms. The second kappa shape index (κ2) is 3.14. The lowest BCUT2D eigenvalue weighted by Gasteiger charge is -2.39. The van der Waals surface area contributed by atoms with Gasteiger partial charge in [-0.1, -0.05) is 6.42 Å². The molecule has 3 aliphatic rings. The van der Waals surface area contributed by atoms with Crippen LogP contribution in [0.4, 0.5) is 0 Å². The summed E-state index contributed by atoms with van der Waals surface area (Å²) in [6.45, 7) is 0. The number of hydrogen-bond donors (Lipinski definition) is 1. The highest BCUT2D eigenvalue weighted by Crippen LogP contribution is 2.64. The van der Waals surface area contributed by atoms with Crippen LogP contribution in [0.25, 0.3) is 0 Å². The van der Waals surface area contributed by atoms with Crippen LogP contribution >= 0.6 is 0 Å². The maximum Gasteiger partial charge on any atom is 0.0540 e. The fourth-order valence-electron chi connectivity index (χ4n) is 5.18. The summed E-state index contributed by atoms with van der Waals surface area (Å²) in [4.78, 5) is 0. The minimum atomic E-state index is -0.0650. The Labute approximate surface area is 102 Å². The lowest BCUT2D eigenvalue weighted by atomic mass is 9.69. The molecule has 92 valence electrons. The third kappa shape index (κ3) is 1.18. The van der Waals surface area contributed by atoms with Crippen molar-refractivity contribution in [3.05, 3.63) is 18.0 Å². The Morgan fingerprint density at radius 3 is 3.00 bits per heavy atom. The largest absolute Gasteiger partial charge is 0.321 e. The van der Waals surface area contributed by atoms with Crippen LogP contribution in [0.1, 0.15) is 37.7 Å². The van der Waals surface area contributed by atoms with Gasteiger partial charge in [0, 0.05) is 24.3 Å². The maximum absolute atomic E-state index is 6.78. The van der Waals surface area contributed by atoms with Gasteiger partial charge in [-0.3, -0.25) is 4.68 Å². The first-order chi connectivity index (χ1) is 8.18. The molecule has 0 amide bonds. The number of rotatable bonds is 1. The summed E-state index contributed by atoms with van der Waals surface area (Å²) in [5.41, 5.74) is 7.99. The standard InChI is InChI=1S/C14H21N3/c1-17-8-10(7-16-17)14(15)6-9-5-13(14)12-4-2-3-11(9)12/h7-9,11-13H,2-6,15H2,1H3. The summed E-state index contributed by atoms with van der Waals surface area (Å²) in [6, 6.07) is 0. The number of hydrogen-bond acceptors (Lipinski definition) is 2. The quantitative estimate of drug-likeness (QED) is 0.803. The molecule has 2 N–H and O–H groups in total. The van der Waals surface area contributed by atoms with Gasteiger partial charge in [0.1, 0.15) is 0 Å². The van der Waals surface area contributed by atoms with Gasteiger partial charge in [0.2, 0.25) is 0 Å². The van der Waals surface area contributed by atoms with E-state index in [4.69, 9.17) is 5.73 Å². The molecule has 4 rings (SSSR count). The summed E-state index contributed by atoms with van der Waals surface area (Å²) in [6.07, 6.45) is 11.0. The van der Waals surface area contributed by atoms with Crippen LogP contribution in [0.15, 0.2) is 12.4 Å². The van der Waals surface area contributed by atoms with Crippen LogP contribution < -0.4 is 5.73 Å². The topological polar surface area (TPSA) is 43.8 Å². The fourth-order valence-corrected chi connectivity index (χ4v) is 5.18. The molecule has 3 fully saturated rings. The molecule has 0 saturated heterocycles. The highest BCUT2D eigenvalue weighted by molar-refractivity contribution is 5.26. The van der Waals surface area contributed by atoms with Crippen molar-refractivity contribution in [3.63, 3.8) is 0 Å². The van der Waals surface area contributed by atoms with Gasteiger partial charge in [-0.05, 0) is 49.4 Å². The van der Waals surface area contributed by atoms with Crippen molar-refractivity contribution >= 4 is 0 Å². The summed E-state index contributed by atoms with van der Waals surface area (Å²) in [7, 11) is 1.98. The molecule has 0 spiro atoms. The van der Waals surface area contributed by atoms with Gasteiger partial charge in [0.05, 0.1) is 6.20 Å². The molecule has 0 aromatic carbocycles. The van der Waals surface area contributed by atoms with Gasteiger partial charge in [-0.15, -0.1) is 0 Å². The molecule has 5 unspecified atom stereocenters. The predicted molar refractivity (Wildman–Crippen MR) is 66.1 cm³/mol. The van der Waals surface area contributed by atoms with E-state index in [1.165, 1.54) is 37.7 Å². The predicted octanol–water partition coefficient (Wildman–Crippen LogP) is 2.03. The molecule has 17 heavy (non-hydrogen) atoms. The molecule has 0 radical (unpaired) electrons. The van der Waals surface area contributed by atoms with Crippen molar-refractivity contribution in [3.8, 4) is 0 Å². The van der Waals surface area contributed by atoms with Crippen LogP contribution in [0, 0.1) is 23.7 Å². The van der Waals surface area contributed by atoms with Crippen LogP contribution in [0.3, 0.4) is 0 Å². The molecule has 3 aliphatic carbocycles. The first-order valence-corrected chi connectivity index (χ1v) is 6.96. The number of fused-ring (bicyclic) bond motifs is 5. The van der Waals surface area contributed by atoms with Crippen LogP contribution in [0.5, 0.6) is 0 Å². The van der Waals surface area contributed by atoms with Gasteiger partial charge in [0.25, 0.3) is 0 Å². The second-order valence-corrected chi connectivity index (χ2v) is 6.51. The summed E-state index contributed by atoms with van der Waals surface area (Å²) < 4.78 is 1.89. The van der Waals surface area contributed by atoms with Crippen molar-refractivity contribution in [2.24, 2.45) is 36.5 Å². The Balaban J connectivity index is 1.72. The van der Waals surface area contributed by atoms with E-state index in [2.05, 4.69) is 11.3 Å². The highest BCUT2D eigenvalue weighted by atomic mass is 15.2. The van der Waals surface area contributed by atoms with E-state index in [0.29, 0.717) is 0 Å². The van der Waals surface area contributed by atoms with Gasteiger partial charge in [-0.25, -0.2) is 0 Å². The van der Waals surface area contributed by atoms with Crippen molar-refractivity contribution in [1.29, 1.82) is 0 Å². The Morgan fingerprint density at radius 2 is 2.24 bits per heavy atom. The normalized spacial score (nSPS) is 47.6. The molecule has 2 bridgehead atoms. The summed E-state index contributed by atoms with van der Waals surface area (Å²) >= 11 is 0. The zero-order valence-corrected chi connectivity index (χ0v) is 10.5. The van der Waals surface area contributed by atoms with Crippen LogP contribution in [-0.4, -0.2) is 9.78 Å². The number of nitrogens with two attached hydrogens (primary N) is 1. The smallest absolute Gasteiger partial charge is 0.0540 e. The fraction of sp³-hybridized carbons (Fsp3) is 0.786. The van der Waals surface area contributed by atoms with E-state index >= 15 is 0 Å². The molecule has 3 saturated carbocycles. The van der Waals surface area contributed by atoms with Crippen molar-refractivity contribution < 1.29 is 0 Å². The van der Waals surface area contributed by atoms with Crippen LogP contribution in [0.2, 0.25) is 0 Å². The minimum Gasteiger partial charge on any atom is -0.321 e. The molecule has 1 heterocycles. The van der Waals surface area contributed by atoms with Gasteiger partial charge >= 0.3 is 0 Å². The molecule has 0 aliphatic heterocycles. The highest BCUT2D eigenvalue weighted by Gasteiger charge is 2.60. The zero-order valence-electron chi connectivity index (χ0n) is 10.5. The van der Waals surface area contributed by atoms with Crippen molar-refractivity contribution in [1.82, 2.24) is 9.78 Å². The average molecular weight is 231 g/mol. The zero-order chi connectivity index (χ0) is 11.6. The van der Waals surface area contributed by atoms with E-state index in [9.17, 15) is 0 Å². The third-order valence-electron chi connectivity index (χ3n) is 5.81. The Bertz CT molecular complexity index is 452. The number of nitrogens with zero attached hydrogens (tertiary/aromatic N) is 2. The molecule has 1 aromatic heterocycles. The van der Waals surface area contributed by atoms with Gasteiger partial charge in [-0.2, -0.15) is 5.10 Å². The van der Waals surface area contributed by atoms with E-state index in [0.717, 1.165) is 23.7 Å². The lowest BCUT2D eigenvalue weighted by Crippen LogP contribution is -2.46. The molecule has 1 aromatic rings. The maximum atomic E-state index is 6.78. The van der Waals surface area contributed by atoms with E-state index in [-0.39, 0.29) is 5.54 Å². The Morgan fingerprint density at radius 1 is 1.41 bits per heavy atom. The number of aromatic nitrogens is 2. The Hall–Kier alpha value is -0.830. The molecular weight excluding hydrogens is 210 g/mol. The van der Waals surface area contributed by atoms with E-state index < -0.39 is 0 Å². The lowest BCUT2D eigenvalue weighted by molar-refractivity contribution is 0.156. The summed E-state index contributed by atoms with van der Waals surface area (Å²) in [5.74, 6) is 3.55. The average Bonchev–Trinajstić information content (AvgIpc) is 2.95. The SMILES string of the molecule is Cn1cc(C2(N)CC3CC2C2CCCC32)cn1. The van der Waals surface area contributed by atoms with Gasteiger partial charge < -0.3 is 5.73 Å². The van der Waals surface area contributed by atoms with E-state index in [1.54, 1.807) is 0 Å². The monoisotopic (exact) mass is 231 g/mol. The Kier molecular flexibility index (Phi) is 1.87. The molecule has 3 nitrogen and oxygen atoms in total. The minimum absolute atomic E-state index is 0.0650. The molecular formula is C14H21N3.